The highest BCUT2D eigenvalue weighted by molar-refractivity contribution is 5.33. The van der Waals surface area contributed by atoms with Crippen molar-refractivity contribution in [2.24, 2.45) is 5.18 Å². The predicted octanol–water partition coefficient (Wildman–Crippen LogP) is 2.99. The Morgan fingerprint density at radius 2 is 2.22 bits per heavy atom. The van der Waals surface area contributed by atoms with Crippen molar-refractivity contribution in [2.45, 2.75) is 19.6 Å². The Labute approximate surface area is 105 Å². The number of rotatable bonds is 5. The van der Waals surface area contributed by atoms with Crippen molar-refractivity contribution in [1.29, 1.82) is 0 Å². The molecule has 0 bridgehead atoms. The van der Waals surface area contributed by atoms with Crippen molar-refractivity contribution in [2.75, 3.05) is 7.11 Å². The number of methoxy groups -OCH3 is 1. The highest BCUT2D eigenvalue weighted by Gasteiger charge is 2.20. The molecule has 0 fully saturated rings. The molecular formula is C13H14N2O3. The third kappa shape index (κ3) is 2.46. The first kappa shape index (κ1) is 12.4. The molecule has 0 radical (unpaired) electrons. The maximum Gasteiger partial charge on any atom is 0.170 e. The van der Waals surface area contributed by atoms with Crippen LogP contribution in [-0.4, -0.2) is 12.3 Å². The number of benzene rings is 1. The van der Waals surface area contributed by atoms with Gasteiger partial charge in [-0.05, 0) is 18.1 Å². The van der Waals surface area contributed by atoms with Crippen LogP contribution in [0.3, 0.4) is 0 Å². The van der Waals surface area contributed by atoms with Gasteiger partial charge in [0.05, 0.1) is 5.69 Å². The zero-order valence-electron chi connectivity index (χ0n) is 10.3. The summed E-state index contributed by atoms with van der Waals surface area (Å²) in [5.41, 5.74) is 2.49. The highest BCUT2D eigenvalue weighted by atomic mass is 16.5. The zero-order valence-corrected chi connectivity index (χ0v) is 10.3. The highest BCUT2D eigenvalue weighted by Crippen LogP contribution is 2.28. The second-order valence-electron chi connectivity index (χ2n) is 3.97. The summed E-state index contributed by atoms with van der Waals surface area (Å²) in [4.78, 5) is 10.5. The van der Waals surface area contributed by atoms with Crippen molar-refractivity contribution in [3.63, 3.8) is 0 Å². The van der Waals surface area contributed by atoms with Crippen LogP contribution in [0.15, 0.2) is 40.0 Å². The lowest BCUT2D eigenvalue weighted by molar-refractivity contribution is 0.109. The summed E-state index contributed by atoms with van der Waals surface area (Å²) < 4.78 is 10.7. The number of hydrogen-bond donors (Lipinski definition) is 0. The maximum atomic E-state index is 10.5. The van der Waals surface area contributed by atoms with E-state index in [1.165, 1.54) is 0 Å². The fourth-order valence-corrected chi connectivity index (χ4v) is 1.91. The third-order valence-corrected chi connectivity index (χ3v) is 2.71. The third-order valence-electron chi connectivity index (χ3n) is 2.71. The molecule has 5 heteroatoms. The minimum Gasteiger partial charge on any atom is -0.369 e. The second kappa shape index (κ2) is 5.55. The van der Waals surface area contributed by atoms with Crippen LogP contribution in [0, 0.1) is 11.8 Å². The van der Waals surface area contributed by atoms with Gasteiger partial charge in [-0.25, -0.2) is 0 Å². The van der Waals surface area contributed by atoms with Crippen LogP contribution in [-0.2, 0) is 11.3 Å². The van der Waals surface area contributed by atoms with E-state index in [1.807, 2.05) is 37.3 Å². The molecule has 18 heavy (non-hydrogen) atoms. The van der Waals surface area contributed by atoms with E-state index in [0.717, 1.165) is 16.8 Å². The molecule has 0 saturated heterocycles. The van der Waals surface area contributed by atoms with Gasteiger partial charge in [-0.1, -0.05) is 34.6 Å². The molecule has 1 heterocycles. The van der Waals surface area contributed by atoms with E-state index >= 15 is 0 Å². The van der Waals surface area contributed by atoms with E-state index in [9.17, 15) is 4.91 Å². The van der Waals surface area contributed by atoms with E-state index in [2.05, 4.69) is 10.3 Å². The summed E-state index contributed by atoms with van der Waals surface area (Å²) in [5, 5.41) is 6.78. The molecule has 0 amide bonds. The molecule has 1 aromatic heterocycles. The smallest absolute Gasteiger partial charge is 0.170 e. The molecule has 2 rings (SSSR count). The van der Waals surface area contributed by atoms with Crippen LogP contribution in [0.4, 0.5) is 0 Å². The van der Waals surface area contributed by atoms with Gasteiger partial charge in [-0.2, -0.15) is 4.91 Å². The standard InChI is InChI=1S/C13H14N2O3/c1-9-7-12(18-15-9)13(17-2)11-6-4-3-5-10(11)8-14-16/h3-7,13H,8H2,1-2H3. The van der Waals surface area contributed by atoms with Gasteiger partial charge >= 0.3 is 0 Å². The molecule has 1 aromatic carbocycles. The molecule has 1 unspecified atom stereocenters. The summed E-state index contributed by atoms with van der Waals surface area (Å²) in [6.45, 7) is 1.96. The molecule has 0 aliphatic carbocycles. The summed E-state index contributed by atoms with van der Waals surface area (Å²) in [6, 6.07) is 9.32. The van der Waals surface area contributed by atoms with Crippen LogP contribution < -0.4 is 0 Å². The molecule has 5 nitrogen and oxygen atoms in total. The SMILES string of the molecule is COC(c1cc(C)no1)c1ccccc1CN=O. The van der Waals surface area contributed by atoms with E-state index in [0.29, 0.717) is 5.76 Å². The minimum atomic E-state index is -0.371. The Bertz CT molecular complexity index is 537. The lowest BCUT2D eigenvalue weighted by Gasteiger charge is -2.15. The number of hydrogen-bond acceptors (Lipinski definition) is 5. The van der Waals surface area contributed by atoms with E-state index in [1.54, 1.807) is 7.11 Å². The first-order valence-corrected chi connectivity index (χ1v) is 5.59. The molecule has 0 aliphatic heterocycles. The fraction of sp³-hybridized carbons (Fsp3) is 0.308. The number of nitroso groups, excluding NO2 is 1. The number of aromatic nitrogens is 1. The molecule has 2 aromatic rings. The first-order valence-electron chi connectivity index (χ1n) is 5.59. The second-order valence-corrected chi connectivity index (χ2v) is 3.97. The van der Waals surface area contributed by atoms with Gasteiger partial charge in [0.15, 0.2) is 5.76 Å². The predicted molar refractivity (Wildman–Crippen MR) is 66.0 cm³/mol. The van der Waals surface area contributed by atoms with Gasteiger partial charge in [-0.3, -0.25) is 0 Å². The number of nitrogens with zero attached hydrogens (tertiary/aromatic N) is 2. The Morgan fingerprint density at radius 3 is 2.83 bits per heavy atom. The van der Waals surface area contributed by atoms with Gasteiger partial charge < -0.3 is 9.26 Å². The molecular weight excluding hydrogens is 232 g/mol. The first-order chi connectivity index (χ1) is 8.76. The number of aryl methyl sites for hydroxylation is 1. The van der Waals surface area contributed by atoms with E-state index < -0.39 is 0 Å². The molecule has 94 valence electrons. The van der Waals surface area contributed by atoms with Crippen LogP contribution in [0.5, 0.6) is 0 Å². The van der Waals surface area contributed by atoms with Crippen LogP contribution in [0.25, 0.3) is 0 Å². The largest absolute Gasteiger partial charge is 0.369 e. The van der Waals surface area contributed by atoms with Crippen molar-refractivity contribution < 1.29 is 9.26 Å². The Kier molecular flexibility index (Phi) is 3.84. The van der Waals surface area contributed by atoms with E-state index in [-0.39, 0.29) is 12.6 Å². The van der Waals surface area contributed by atoms with Crippen LogP contribution in [0.1, 0.15) is 28.7 Å². The van der Waals surface area contributed by atoms with Gasteiger partial charge in [0.25, 0.3) is 0 Å². The van der Waals surface area contributed by atoms with Crippen molar-refractivity contribution >= 4 is 0 Å². The van der Waals surface area contributed by atoms with Gasteiger partial charge in [0.1, 0.15) is 12.6 Å². The zero-order chi connectivity index (χ0) is 13.0. The van der Waals surface area contributed by atoms with Gasteiger partial charge in [-0.15, -0.1) is 0 Å². The van der Waals surface area contributed by atoms with Crippen LogP contribution in [0.2, 0.25) is 0 Å². The van der Waals surface area contributed by atoms with Crippen LogP contribution >= 0.6 is 0 Å². The van der Waals surface area contributed by atoms with Gasteiger partial charge in [0, 0.05) is 13.2 Å². The normalized spacial score (nSPS) is 12.3. The molecule has 1 atom stereocenters. The Morgan fingerprint density at radius 1 is 1.44 bits per heavy atom. The summed E-state index contributed by atoms with van der Waals surface area (Å²) in [6.07, 6.45) is -0.371. The Balaban J connectivity index is 2.41. The molecule has 0 saturated carbocycles. The molecule has 0 spiro atoms. The van der Waals surface area contributed by atoms with Crippen molar-refractivity contribution in [3.8, 4) is 0 Å². The van der Waals surface area contributed by atoms with Crippen molar-refractivity contribution in [1.82, 2.24) is 5.16 Å². The number of ether oxygens (including phenoxy) is 1. The fourth-order valence-electron chi connectivity index (χ4n) is 1.91. The average Bonchev–Trinajstić information content (AvgIpc) is 2.79. The monoisotopic (exact) mass is 246 g/mol. The molecule has 0 aliphatic rings. The van der Waals surface area contributed by atoms with E-state index in [4.69, 9.17) is 9.26 Å². The maximum absolute atomic E-state index is 10.5. The van der Waals surface area contributed by atoms with Gasteiger partial charge in [0.2, 0.25) is 0 Å². The average molecular weight is 246 g/mol. The minimum absolute atomic E-state index is 0.114. The lowest BCUT2D eigenvalue weighted by Crippen LogP contribution is -2.05. The lowest BCUT2D eigenvalue weighted by atomic mass is 10.0. The molecule has 0 N–H and O–H groups in total. The van der Waals surface area contributed by atoms with Crippen molar-refractivity contribution in [3.05, 3.63) is 57.8 Å². The summed E-state index contributed by atoms with van der Waals surface area (Å²) >= 11 is 0. The quantitative estimate of drug-likeness (QED) is 0.761. The Hall–Kier alpha value is -2.01. The summed E-state index contributed by atoms with van der Waals surface area (Å²) in [5.74, 6) is 0.619. The topological polar surface area (TPSA) is 64.7 Å². The summed E-state index contributed by atoms with van der Waals surface area (Å²) in [7, 11) is 1.59.